The normalized spacial score (nSPS) is 12.1. The van der Waals surface area contributed by atoms with Crippen molar-refractivity contribution in [3.05, 3.63) is 78.0 Å². The van der Waals surface area contributed by atoms with Gasteiger partial charge in [-0.1, -0.05) is 12.1 Å². The first kappa shape index (κ1) is 14.1. The number of rotatable bonds is 4. The molecule has 0 bridgehead atoms. The van der Waals surface area contributed by atoms with Gasteiger partial charge in [0.25, 0.3) is 5.91 Å². The lowest BCUT2D eigenvalue weighted by Gasteiger charge is -2.19. The van der Waals surface area contributed by atoms with Crippen LogP contribution in [0.3, 0.4) is 0 Å². The molecule has 0 spiro atoms. The van der Waals surface area contributed by atoms with Gasteiger partial charge in [0.15, 0.2) is 0 Å². The zero-order valence-electron chi connectivity index (χ0n) is 11.9. The number of imidazole rings is 1. The Kier molecular flexibility index (Phi) is 3.74. The SMILES string of the molecule is Cn1ccnc1[C@H](NC(=O)c1ccoc1)c1cccc(F)c1. The van der Waals surface area contributed by atoms with E-state index in [9.17, 15) is 9.18 Å². The lowest BCUT2D eigenvalue weighted by molar-refractivity contribution is 0.0940. The molecule has 22 heavy (non-hydrogen) atoms. The molecule has 0 fully saturated rings. The fraction of sp³-hybridized carbons (Fsp3) is 0.125. The van der Waals surface area contributed by atoms with E-state index in [1.165, 1.54) is 24.7 Å². The second-order valence-electron chi connectivity index (χ2n) is 4.87. The number of nitrogens with zero attached hydrogens (tertiary/aromatic N) is 2. The van der Waals surface area contributed by atoms with Crippen molar-refractivity contribution in [2.75, 3.05) is 0 Å². The fourth-order valence-electron chi connectivity index (χ4n) is 2.25. The van der Waals surface area contributed by atoms with Crippen molar-refractivity contribution in [1.82, 2.24) is 14.9 Å². The van der Waals surface area contributed by atoms with E-state index in [4.69, 9.17) is 4.42 Å². The molecule has 1 amide bonds. The van der Waals surface area contributed by atoms with Crippen LogP contribution in [0.15, 0.2) is 59.7 Å². The van der Waals surface area contributed by atoms with Crippen molar-refractivity contribution in [1.29, 1.82) is 0 Å². The largest absolute Gasteiger partial charge is 0.472 e. The van der Waals surface area contributed by atoms with E-state index in [1.807, 2.05) is 7.05 Å². The lowest BCUT2D eigenvalue weighted by Crippen LogP contribution is -2.30. The van der Waals surface area contributed by atoms with Gasteiger partial charge in [0.1, 0.15) is 23.9 Å². The van der Waals surface area contributed by atoms with Gasteiger partial charge in [0.05, 0.1) is 11.8 Å². The van der Waals surface area contributed by atoms with Crippen LogP contribution in [0.2, 0.25) is 0 Å². The highest BCUT2D eigenvalue weighted by molar-refractivity contribution is 5.94. The number of hydrogen-bond donors (Lipinski definition) is 1. The Bertz CT molecular complexity index is 780. The number of benzene rings is 1. The Morgan fingerprint density at radius 1 is 1.41 bits per heavy atom. The number of aryl methyl sites for hydroxylation is 1. The molecule has 112 valence electrons. The first-order chi connectivity index (χ1) is 10.6. The van der Waals surface area contributed by atoms with E-state index in [0.717, 1.165) is 0 Å². The van der Waals surface area contributed by atoms with Crippen molar-refractivity contribution < 1.29 is 13.6 Å². The number of halogens is 1. The summed E-state index contributed by atoms with van der Waals surface area (Å²) in [4.78, 5) is 16.5. The van der Waals surface area contributed by atoms with E-state index in [0.29, 0.717) is 17.0 Å². The summed E-state index contributed by atoms with van der Waals surface area (Å²) in [6.07, 6.45) is 6.18. The molecule has 1 N–H and O–H groups in total. The molecule has 2 heterocycles. The predicted molar refractivity (Wildman–Crippen MR) is 77.6 cm³/mol. The molecule has 0 aliphatic rings. The summed E-state index contributed by atoms with van der Waals surface area (Å²) in [6.45, 7) is 0. The summed E-state index contributed by atoms with van der Waals surface area (Å²) in [6, 6.07) is 7.10. The van der Waals surface area contributed by atoms with Crippen molar-refractivity contribution in [3.8, 4) is 0 Å². The number of nitrogens with one attached hydrogen (secondary N) is 1. The minimum absolute atomic E-state index is 0.314. The maximum absolute atomic E-state index is 13.5. The monoisotopic (exact) mass is 299 g/mol. The first-order valence-electron chi connectivity index (χ1n) is 6.71. The van der Waals surface area contributed by atoms with Crippen LogP contribution in [0, 0.1) is 5.82 Å². The summed E-state index contributed by atoms with van der Waals surface area (Å²) in [7, 11) is 1.82. The third-order valence-corrected chi connectivity index (χ3v) is 3.36. The average molecular weight is 299 g/mol. The van der Waals surface area contributed by atoms with Gasteiger partial charge >= 0.3 is 0 Å². The van der Waals surface area contributed by atoms with Crippen LogP contribution in [0.4, 0.5) is 4.39 Å². The minimum atomic E-state index is -0.557. The molecule has 1 aromatic carbocycles. The fourth-order valence-corrected chi connectivity index (χ4v) is 2.25. The maximum atomic E-state index is 13.5. The van der Waals surface area contributed by atoms with Crippen molar-refractivity contribution in [3.63, 3.8) is 0 Å². The Morgan fingerprint density at radius 3 is 2.91 bits per heavy atom. The Labute approximate surface area is 126 Å². The van der Waals surface area contributed by atoms with Crippen LogP contribution >= 0.6 is 0 Å². The highest BCUT2D eigenvalue weighted by Gasteiger charge is 2.22. The zero-order valence-corrected chi connectivity index (χ0v) is 11.9. The summed E-state index contributed by atoms with van der Waals surface area (Å²) >= 11 is 0. The van der Waals surface area contributed by atoms with E-state index in [1.54, 1.807) is 35.2 Å². The third-order valence-electron chi connectivity index (χ3n) is 3.36. The van der Waals surface area contributed by atoms with Gasteiger partial charge in [-0.15, -0.1) is 0 Å². The van der Waals surface area contributed by atoms with E-state index < -0.39 is 6.04 Å². The molecule has 3 rings (SSSR count). The summed E-state index contributed by atoms with van der Waals surface area (Å²) in [5.41, 5.74) is 1.02. The van der Waals surface area contributed by atoms with E-state index in [2.05, 4.69) is 10.3 Å². The molecule has 0 saturated heterocycles. The Hall–Kier alpha value is -2.89. The van der Waals surface area contributed by atoms with Gasteiger partial charge in [-0.2, -0.15) is 0 Å². The van der Waals surface area contributed by atoms with Crippen LogP contribution in [0.25, 0.3) is 0 Å². The smallest absolute Gasteiger partial charge is 0.255 e. The summed E-state index contributed by atoms with van der Waals surface area (Å²) in [5, 5.41) is 2.86. The van der Waals surface area contributed by atoms with Gasteiger partial charge in [-0.25, -0.2) is 9.37 Å². The standard InChI is InChI=1S/C16H14FN3O2/c1-20-7-6-18-15(20)14(11-3-2-4-13(17)9-11)19-16(21)12-5-8-22-10-12/h2-10,14H,1H3,(H,19,21)/t14-/m1/s1. The quantitative estimate of drug-likeness (QED) is 0.805. The first-order valence-corrected chi connectivity index (χ1v) is 6.71. The second-order valence-corrected chi connectivity index (χ2v) is 4.87. The van der Waals surface area contributed by atoms with E-state index in [-0.39, 0.29) is 11.7 Å². The van der Waals surface area contributed by atoms with E-state index >= 15 is 0 Å². The molecule has 0 unspecified atom stereocenters. The maximum Gasteiger partial charge on any atom is 0.255 e. The molecule has 0 saturated carbocycles. The molecule has 1 atom stereocenters. The lowest BCUT2D eigenvalue weighted by atomic mass is 10.1. The average Bonchev–Trinajstić information content (AvgIpc) is 3.16. The number of aromatic nitrogens is 2. The number of furan rings is 1. The van der Waals surface area contributed by atoms with Crippen LogP contribution in [-0.4, -0.2) is 15.5 Å². The van der Waals surface area contributed by atoms with Crippen LogP contribution in [0.5, 0.6) is 0 Å². The van der Waals surface area contributed by atoms with Crippen molar-refractivity contribution >= 4 is 5.91 Å². The molecule has 5 nitrogen and oxygen atoms in total. The molecular weight excluding hydrogens is 285 g/mol. The predicted octanol–water partition coefficient (Wildman–Crippen LogP) is 2.67. The topological polar surface area (TPSA) is 60.1 Å². The number of carbonyl (C=O) groups is 1. The van der Waals surface area contributed by atoms with Gasteiger partial charge in [0, 0.05) is 19.4 Å². The van der Waals surface area contributed by atoms with Crippen molar-refractivity contribution in [2.45, 2.75) is 6.04 Å². The van der Waals surface area contributed by atoms with Gasteiger partial charge in [-0.3, -0.25) is 4.79 Å². The number of amides is 1. The Morgan fingerprint density at radius 2 is 2.27 bits per heavy atom. The molecule has 2 aromatic heterocycles. The van der Waals surface area contributed by atoms with Gasteiger partial charge in [-0.05, 0) is 23.8 Å². The summed E-state index contributed by atoms with van der Waals surface area (Å²) in [5.74, 6) is -0.0669. The highest BCUT2D eigenvalue weighted by Crippen LogP contribution is 2.21. The summed E-state index contributed by atoms with van der Waals surface area (Å²) < 4.78 is 20.2. The molecular formula is C16H14FN3O2. The second kappa shape index (κ2) is 5.85. The molecule has 0 radical (unpaired) electrons. The number of hydrogen-bond acceptors (Lipinski definition) is 3. The van der Waals surface area contributed by atoms with Gasteiger partial charge < -0.3 is 14.3 Å². The van der Waals surface area contributed by atoms with Crippen LogP contribution in [0.1, 0.15) is 27.8 Å². The molecule has 3 aromatic rings. The van der Waals surface area contributed by atoms with Crippen LogP contribution in [-0.2, 0) is 7.05 Å². The zero-order chi connectivity index (χ0) is 15.5. The molecule has 6 heteroatoms. The highest BCUT2D eigenvalue weighted by atomic mass is 19.1. The third kappa shape index (κ3) is 2.76. The van der Waals surface area contributed by atoms with Crippen LogP contribution < -0.4 is 5.32 Å². The van der Waals surface area contributed by atoms with Crippen molar-refractivity contribution in [2.24, 2.45) is 7.05 Å². The minimum Gasteiger partial charge on any atom is -0.472 e. The van der Waals surface area contributed by atoms with Gasteiger partial charge in [0.2, 0.25) is 0 Å². The molecule has 0 aliphatic heterocycles. The molecule has 0 aliphatic carbocycles. The number of carbonyl (C=O) groups excluding carboxylic acids is 1. The Balaban J connectivity index is 1.97.